The molecule has 10 N–H and O–H groups in total. The van der Waals surface area contributed by atoms with E-state index in [-0.39, 0.29) is 6.42 Å². The molecule has 10 atom stereocenters. The second-order valence-corrected chi connectivity index (χ2v) is 6.59. The lowest BCUT2D eigenvalue weighted by atomic mass is 9.84. The number of carboxylic acids is 1. The third-order valence-corrected chi connectivity index (χ3v) is 4.70. The molecular weight excluding hydrogens is 354 g/mol. The van der Waals surface area contributed by atoms with Gasteiger partial charge in [-0.2, -0.15) is 0 Å². The van der Waals surface area contributed by atoms with Crippen LogP contribution in [0.1, 0.15) is 13.3 Å². The van der Waals surface area contributed by atoms with Gasteiger partial charge in [0.1, 0.15) is 36.6 Å². The number of aliphatic hydroxyl groups excluding tert-OH is 5. The molecule has 0 amide bonds. The summed E-state index contributed by atoms with van der Waals surface area (Å²) >= 11 is 0. The molecule has 0 bridgehead atoms. The van der Waals surface area contributed by atoms with Crippen LogP contribution in [0.3, 0.4) is 0 Å². The number of nitrogens with one attached hydrogen (secondary N) is 2. The fourth-order valence-corrected chi connectivity index (χ4v) is 3.07. The number of hydrogen-bond donors (Lipinski definition) is 9. The standard InChI is InChI=1S/C14H25N3O9/c1-3-5(17-12(16)13(23)24)2-4(15)14(25-3)26-11-9(21)7(19)6(18)8(20)10(11)22/h3-11,14,18-22H,2,15H2,1H3,(H2,16,17)(H,23,24)/t3-,4+,5?,6-,7+,8+,9-,10+,11+,14-/m1/s1. The SMILES string of the molecule is C[C@H]1O[C@H](O[C@H]2[C@H](O)[C@@H](O)[C@@H](O)[C@H](O)[C@@H]2O)[C@@H](N)CC1NC(=N)C(=O)O. The second kappa shape index (κ2) is 8.10. The average molecular weight is 379 g/mol. The summed E-state index contributed by atoms with van der Waals surface area (Å²) in [5, 5.41) is 67.6. The van der Waals surface area contributed by atoms with E-state index >= 15 is 0 Å². The van der Waals surface area contributed by atoms with E-state index in [2.05, 4.69) is 5.32 Å². The molecule has 0 radical (unpaired) electrons. The lowest BCUT2D eigenvalue weighted by Crippen LogP contribution is -2.66. The van der Waals surface area contributed by atoms with Gasteiger partial charge in [-0.3, -0.25) is 5.41 Å². The summed E-state index contributed by atoms with van der Waals surface area (Å²) < 4.78 is 11.0. The quantitative estimate of drug-likeness (QED) is 0.168. The van der Waals surface area contributed by atoms with Crippen molar-refractivity contribution < 1.29 is 44.9 Å². The van der Waals surface area contributed by atoms with E-state index in [0.717, 1.165) is 0 Å². The van der Waals surface area contributed by atoms with E-state index < -0.39 is 72.9 Å². The van der Waals surface area contributed by atoms with Crippen molar-refractivity contribution in [1.29, 1.82) is 5.41 Å². The number of carbonyl (C=O) groups is 1. The summed E-state index contributed by atoms with van der Waals surface area (Å²) in [5.41, 5.74) is 5.94. The van der Waals surface area contributed by atoms with Crippen LogP contribution in [0.4, 0.5) is 0 Å². The van der Waals surface area contributed by atoms with Crippen molar-refractivity contribution in [2.45, 2.75) is 74.4 Å². The molecule has 2 aliphatic rings. The van der Waals surface area contributed by atoms with Crippen LogP contribution in [0.25, 0.3) is 0 Å². The Hall–Kier alpha value is -1.38. The summed E-state index contributed by atoms with van der Waals surface area (Å²) in [6, 6.07) is -1.39. The lowest BCUT2D eigenvalue weighted by molar-refractivity contribution is -0.293. The molecule has 0 aromatic rings. The average Bonchev–Trinajstić information content (AvgIpc) is 2.58. The van der Waals surface area contributed by atoms with Crippen molar-refractivity contribution in [2.75, 3.05) is 0 Å². The minimum atomic E-state index is -1.74. The van der Waals surface area contributed by atoms with E-state index in [1.807, 2.05) is 0 Å². The van der Waals surface area contributed by atoms with E-state index in [1.165, 1.54) is 0 Å². The number of hydrogen-bond acceptors (Lipinski definition) is 10. The molecule has 0 aromatic carbocycles. The molecule has 0 spiro atoms. The van der Waals surface area contributed by atoms with Gasteiger partial charge in [0, 0.05) is 0 Å². The van der Waals surface area contributed by atoms with Crippen LogP contribution in [-0.4, -0.2) is 104 Å². The Labute approximate surface area is 148 Å². The Morgan fingerprint density at radius 1 is 1.12 bits per heavy atom. The summed E-state index contributed by atoms with van der Waals surface area (Å²) in [6.07, 6.45) is -11.7. The van der Waals surface area contributed by atoms with Gasteiger partial charge in [-0.1, -0.05) is 0 Å². The molecule has 12 heteroatoms. The fourth-order valence-electron chi connectivity index (χ4n) is 3.07. The second-order valence-electron chi connectivity index (χ2n) is 6.59. The van der Waals surface area contributed by atoms with E-state index in [1.54, 1.807) is 6.92 Å². The Morgan fingerprint density at radius 2 is 1.62 bits per heavy atom. The third-order valence-electron chi connectivity index (χ3n) is 4.70. The van der Waals surface area contributed by atoms with Crippen LogP contribution >= 0.6 is 0 Å². The predicted molar refractivity (Wildman–Crippen MR) is 84.1 cm³/mol. The molecule has 1 saturated heterocycles. The molecule has 1 unspecified atom stereocenters. The van der Waals surface area contributed by atoms with Gasteiger partial charge in [-0.25, -0.2) is 4.79 Å². The summed E-state index contributed by atoms with van der Waals surface area (Å²) in [7, 11) is 0. The minimum Gasteiger partial charge on any atom is -0.475 e. The molecule has 1 heterocycles. The van der Waals surface area contributed by atoms with Gasteiger partial charge >= 0.3 is 5.97 Å². The van der Waals surface area contributed by atoms with Crippen molar-refractivity contribution in [3.05, 3.63) is 0 Å². The molecule has 1 saturated carbocycles. The Balaban J connectivity index is 2.02. The third kappa shape index (κ3) is 4.13. The van der Waals surface area contributed by atoms with Crippen LogP contribution in [0, 0.1) is 5.41 Å². The van der Waals surface area contributed by atoms with Crippen molar-refractivity contribution in [2.24, 2.45) is 5.73 Å². The molecule has 1 aliphatic heterocycles. The zero-order chi connectivity index (χ0) is 19.8. The fraction of sp³-hybridized carbons (Fsp3) is 0.857. The number of rotatable bonds is 3. The van der Waals surface area contributed by atoms with Gasteiger partial charge < -0.3 is 51.2 Å². The molecule has 1 aliphatic carbocycles. The first-order valence-corrected chi connectivity index (χ1v) is 8.09. The van der Waals surface area contributed by atoms with E-state index in [4.69, 9.17) is 25.7 Å². The van der Waals surface area contributed by atoms with Gasteiger partial charge in [-0.15, -0.1) is 0 Å². The highest BCUT2D eigenvalue weighted by molar-refractivity contribution is 6.33. The molecule has 0 aromatic heterocycles. The molecule has 2 rings (SSSR count). The molecule has 12 nitrogen and oxygen atoms in total. The highest BCUT2D eigenvalue weighted by Gasteiger charge is 2.50. The zero-order valence-electron chi connectivity index (χ0n) is 14.0. The van der Waals surface area contributed by atoms with E-state index in [0.29, 0.717) is 0 Å². The van der Waals surface area contributed by atoms with Crippen molar-refractivity contribution in [3.63, 3.8) is 0 Å². The highest BCUT2D eigenvalue weighted by Crippen LogP contribution is 2.28. The highest BCUT2D eigenvalue weighted by atomic mass is 16.7. The number of carboxylic acid groups (broad SMARTS) is 1. The number of amidine groups is 1. The summed E-state index contributed by atoms with van der Waals surface area (Å²) in [6.45, 7) is 1.59. The first kappa shape index (κ1) is 20.9. The number of ether oxygens (including phenoxy) is 2. The van der Waals surface area contributed by atoms with Crippen LogP contribution in [0.2, 0.25) is 0 Å². The van der Waals surface area contributed by atoms with Crippen LogP contribution in [0.15, 0.2) is 0 Å². The number of aliphatic carboxylic acids is 1. The van der Waals surface area contributed by atoms with Gasteiger partial charge in [0.2, 0.25) is 5.84 Å². The Morgan fingerprint density at radius 3 is 2.12 bits per heavy atom. The largest absolute Gasteiger partial charge is 0.475 e. The Bertz CT molecular complexity index is 520. The maximum Gasteiger partial charge on any atom is 0.370 e. The molecule has 2 fully saturated rings. The summed E-state index contributed by atoms with van der Waals surface area (Å²) in [4.78, 5) is 10.7. The van der Waals surface area contributed by atoms with Gasteiger partial charge in [-0.05, 0) is 13.3 Å². The van der Waals surface area contributed by atoms with Gasteiger partial charge in [0.05, 0.1) is 18.2 Å². The van der Waals surface area contributed by atoms with Crippen LogP contribution in [0.5, 0.6) is 0 Å². The topological polar surface area (TPSA) is 219 Å². The minimum absolute atomic E-state index is 0.161. The van der Waals surface area contributed by atoms with E-state index in [9.17, 15) is 30.3 Å². The van der Waals surface area contributed by atoms with Crippen molar-refractivity contribution in [1.82, 2.24) is 5.32 Å². The van der Waals surface area contributed by atoms with Crippen molar-refractivity contribution in [3.8, 4) is 0 Å². The lowest BCUT2D eigenvalue weighted by Gasteiger charge is -2.45. The van der Waals surface area contributed by atoms with Crippen molar-refractivity contribution >= 4 is 11.8 Å². The smallest absolute Gasteiger partial charge is 0.370 e. The zero-order valence-corrected chi connectivity index (χ0v) is 14.0. The monoisotopic (exact) mass is 379 g/mol. The summed E-state index contributed by atoms with van der Waals surface area (Å²) in [5.74, 6) is -2.14. The molecular formula is C14H25N3O9. The number of aliphatic hydroxyl groups is 5. The number of nitrogens with two attached hydrogens (primary N) is 1. The van der Waals surface area contributed by atoms with Gasteiger partial charge in [0.25, 0.3) is 0 Å². The van der Waals surface area contributed by atoms with Gasteiger partial charge in [0.15, 0.2) is 6.29 Å². The Kier molecular flexibility index (Phi) is 6.52. The predicted octanol–water partition coefficient (Wildman–Crippen LogP) is -4.33. The first-order chi connectivity index (χ1) is 12.0. The van der Waals surface area contributed by atoms with Crippen LogP contribution < -0.4 is 11.1 Å². The molecule has 26 heavy (non-hydrogen) atoms. The van der Waals surface area contributed by atoms with Crippen LogP contribution in [-0.2, 0) is 14.3 Å². The maximum atomic E-state index is 10.7. The maximum absolute atomic E-state index is 10.7. The molecule has 150 valence electrons. The normalized spacial score (nSPS) is 46.6. The first-order valence-electron chi connectivity index (χ1n) is 8.09.